The quantitative estimate of drug-likeness (QED) is 0.613. The van der Waals surface area contributed by atoms with Crippen molar-refractivity contribution < 1.29 is 9.90 Å². The summed E-state index contributed by atoms with van der Waals surface area (Å²) in [6.07, 6.45) is 1.28. The number of carbonyl (C=O) groups excluding carboxylic acids is 1. The number of thiophene rings is 1. The number of halogens is 1. The van der Waals surface area contributed by atoms with E-state index in [4.69, 9.17) is 16.6 Å². The second-order valence-electron chi connectivity index (χ2n) is 8.96. The maximum atomic E-state index is 12.9. The summed E-state index contributed by atoms with van der Waals surface area (Å²) >= 11 is 8.26. The van der Waals surface area contributed by atoms with Crippen molar-refractivity contribution in [2.45, 2.75) is 45.7 Å². The first-order chi connectivity index (χ1) is 15.3. The lowest BCUT2D eigenvalue weighted by molar-refractivity contribution is -0.126. The van der Waals surface area contributed by atoms with Crippen LogP contribution >= 0.6 is 22.9 Å². The van der Waals surface area contributed by atoms with Crippen LogP contribution in [-0.2, 0) is 24.2 Å². The Balaban J connectivity index is 1.60. The molecular weight excluding hydrogens is 446 g/mol. The lowest BCUT2D eigenvalue weighted by Crippen LogP contribution is -2.48. The summed E-state index contributed by atoms with van der Waals surface area (Å²) in [5.74, 6) is 1.40. The minimum absolute atomic E-state index is 0.0350. The van der Waals surface area contributed by atoms with E-state index in [1.165, 1.54) is 4.88 Å². The predicted octanol–water partition coefficient (Wildman–Crippen LogP) is 3.24. The molecule has 32 heavy (non-hydrogen) atoms. The number of aliphatic hydroxyl groups excluding tert-OH is 1. The molecule has 9 heteroatoms. The van der Waals surface area contributed by atoms with Gasteiger partial charge in [-0.15, -0.1) is 21.5 Å². The van der Waals surface area contributed by atoms with E-state index in [0.29, 0.717) is 24.4 Å². The van der Waals surface area contributed by atoms with Crippen molar-refractivity contribution in [1.29, 1.82) is 0 Å². The lowest BCUT2D eigenvalue weighted by atomic mass is 9.97. The normalized spacial score (nSPS) is 17.3. The maximum Gasteiger partial charge on any atom is 0.224 e. The SMILES string of the molecule is Cc1nnc2n1-c1sc3c(c1C(c1ccccc1Cl)=NC2)C[C@H](C(=O)NC(C)(C)CO)C3. The van der Waals surface area contributed by atoms with Gasteiger partial charge in [0.05, 0.1) is 17.9 Å². The van der Waals surface area contributed by atoms with E-state index in [9.17, 15) is 9.90 Å². The molecule has 0 saturated heterocycles. The van der Waals surface area contributed by atoms with Crippen LogP contribution in [0.5, 0.6) is 0 Å². The van der Waals surface area contributed by atoms with E-state index >= 15 is 0 Å². The molecule has 2 aromatic heterocycles. The first kappa shape index (κ1) is 21.3. The molecule has 7 nitrogen and oxygen atoms in total. The minimum atomic E-state index is -0.650. The molecule has 0 saturated carbocycles. The second-order valence-corrected chi connectivity index (χ2v) is 10.5. The van der Waals surface area contributed by atoms with E-state index in [1.807, 2.05) is 45.0 Å². The van der Waals surface area contributed by atoms with Crippen molar-refractivity contribution in [1.82, 2.24) is 20.1 Å². The molecule has 1 aromatic carbocycles. The molecule has 0 spiro atoms. The molecule has 0 radical (unpaired) electrons. The van der Waals surface area contributed by atoms with E-state index in [-0.39, 0.29) is 18.4 Å². The monoisotopic (exact) mass is 469 g/mol. The Morgan fingerprint density at radius 1 is 1.31 bits per heavy atom. The topological polar surface area (TPSA) is 92.4 Å². The van der Waals surface area contributed by atoms with Gasteiger partial charge in [-0.1, -0.05) is 29.8 Å². The molecule has 166 valence electrons. The Kier molecular flexibility index (Phi) is 5.19. The number of rotatable bonds is 4. The first-order valence-electron chi connectivity index (χ1n) is 10.6. The number of aryl methyl sites for hydroxylation is 1. The van der Waals surface area contributed by atoms with Gasteiger partial charge in [0.1, 0.15) is 17.4 Å². The number of aromatic nitrogens is 3. The minimum Gasteiger partial charge on any atom is -0.394 e. The summed E-state index contributed by atoms with van der Waals surface area (Å²) in [5, 5.41) is 22.8. The van der Waals surface area contributed by atoms with Crippen LogP contribution in [0.25, 0.3) is 5.00 Å². The van der Waals surface area contributed by atoms with Gasteiger partial charge in [-0.25, -0.2) is 0 Å². The van der Waals surface area contributed by atoms with E-state index in [2.05, 4.69) is 20.1 Å². The van der Waals surface area contributed by atoms with Crippen LogP contribution < -0.4 is 5.32 Å². The number of carbonyl (C=O) groups is 1. The van der Waals surface area contributed by atoms with Crippen molar-refractivity contribution in [3.8, 4) is 5.00 Å². The maximum absolute atomic E-state index is 12.9. The zero-order chi connectivity index (χ0) is 22.6. The van der Waals surface area contributed by atoms with E-state index in [1.54, 1.807) is 11.3 Å². The average Bonchev–Trinajstić information content (AvgIpc) is 3.39. The molecule has 1 amide bonds. The van der Waals surface area contributed by atoms with Gasteiger partial charge in [-0.3, -0.25) is 14.4 Å². The van der Waals surface area contributed by atoms with Crippen molar-refractivity contribution in [2.75, 3.05) is 6.61 Å². The van der Waals surface area contributed by atoms with Crippen molar-refractivity contribution >= 4 is 34.6 Å². The van der Waals surface area contributed by atoms with Gasteiger partial charge in [0, 0.05) is 26.9 Å². The van der Waals surface area contributed by atoms with Crippen LogP contribution in [0.1, 0.15) is 47.1 Å². The molecule has 1 aliphatic heterocycles. The smallest absolute Gasteiger partial charge is 0.224 e. The number of benzene rings is 1. The molecule has 5 rings (SSSR count). The third-order valence-electron chi connectivity index (χ3n) is 6.02. The molecule has 2 aliphatic rings. The van der Waals surface area contributed by atoms with Crippen LogP contribution in [0.3, 0.4) is 0 Å². The van der Waals surface area contributed by atoms with Gasteiger partial charge in [0.15, 0.2) is 5.82 Å². The largest absolute Gasteiger partial charge is 0.394 e. The van der Waals surface area contributed by atoms with E-state index in [0.717, 1.165) is 39.1 Å². The number of nitrogens with one attached hydrogen (secondary N) is 1. The Bertz CT molecular complexity index is 1260. The Labute approximate surface area is 195 Å². The predicted molar refractivity (Wildman–Crippen MR) is 125 cm³/mol. The number of hydrogen-bond donors (Lipinski definition) is 2. The number of aliphatic imine (C=N–C) groups is 1. The van der Waals surface area contributed by atoms with Crippen molar-refractivity contribution in [3.05, 3.63) is 62.5 Å². The summed E-state index contributed by atoms with van der Waals surface area (Å²) in [7, 11) is 0. The van der Waals surface area contributed by atoms with Gasteiger partial charge in [-0.2, -0.15) is 0 Å². The molecule has 0 bridgehead atoms. The van der Waals surface area contributed by atoms with Crippen molar-refractivity contribution in [3.63, 3.8) is 0 Å². The summed E-state index contributed by atoms with van der Waals surface area (Å²) in [4.78, 5) is 19.0. The van der Waals surface area contributed by atoms with E-state index < -0.39 is 5.54 Å². The van der Waals surface area contributed by atoms with Gasteiger partial charge >= 0.3 is 0 Å². The molecule has 3 heterocycles. The fourth-order valence-electron chi connectivity index (χ4n) is 4.36. The molecule has 3 aromatic rings. The number of aliphatic hydroxyl groups is 1. The first-order valence-corrected chi connectivity index (χ1v) is 11.8. The number of fused-ring (bicyclic) bond motifs is 5. The standard InChI is InChI=1S/C23H24ClN5O2S/c1-12-27-28-18-10-25-20(14-6-4-5-7-16(14)24)19-15-8-13(21(31)26-23(2,3)11-30)9-17(15)32-22(19)29(12)18/h4-7,13,30H,8-11H2,1-3H3,(H,26,31)/t13-/m0/s1. The molecule has 1 aliphatic carbocycles. The molecule has 1 atom stereocenters. The summed E-state index contributed by atoms with van der Waals surface area (Å²) in [6, 6.07) is 7.72. The van der Waals surface area contributed by atoms with Crippen LogP contribution in [0.2, 0.25) is 5.02 Å². The molecule has 2 N–H and O–H groups in total. The highest BCUT2D eigenvalue weighted by Crippen LogP contribution is 2.43. The zero-order valence-corrected chi connectivity index (χ0v) is 19.7. The molecule has 0 fully saturated rings. The highest BCUT2D eigenvalue weighted by Gasteiger charge is 2.37. The summed E-state index contributed by atoms with van der Waals surface area (Å²) in [6.45, 7) is 5.88. The zero-order valence-electron chi connectivity index (χ0n) is 18.1. The molecular formula is C23H24ClN5O2S. The molecule has 0 unspecified atom stereocenters. The third kappa shape index (κ3) is 3.46. The fourth-order valence-corrected chi connectivity index (χ4v) is 6.06. The summed E-state index contributed by atoms with van der Waals surface area (Å²) in [5.41, 5.74) is 3.23. The Morgan fingerprint density at radius 3 is 2.84 bits per heavy atom. The average molecular weight is 470 g/mol. The van der Waals surface area contributed by atoms with Crippen LogP contribution in [0.4, 0.5) is 0 Å². The van der Waals surface area contributed by atoms with Gasteiger partial charge in [0.25, 0.3) is 0 Å². The second kappa shape index (κ2) is 7.79. The fraction of sp³-hybridized carbons (Fsp3) is 0.391. The summed E-state index contributed by atoms with van der Waals surface area (Å²) < 4.78 is 2.08. The number of amides is 1. The lowest BCUT2D eigenvalue weighted by Gasteiger charge is -2.25. The van der Waals surface area contributed by atoms with Gasteiger partial charge < -0.3 is 10.4 Å². The van der Waals surface area contributed by atoms with Gasteiger partial charge in [0.2, 0.25) is 5.91 Å². The third-order valence-corrected chi connectivity index (χ3v) is 7.59. The number of nitrogens with zero attached hydrogens (tertiary/aromatic N) is 4. The van der Waals surface area contributed by atoms with Crippen molar-refractivity contribution in [2.24, 2.45) is 10.9 Å². The Hall–Kier alpha value is -2.55. The Morgan fingerprint density at radius 2 is 2.09 bits per heavy atom. The number of hydrogen-bond acceptors (Lipinski definition) is 6. The van der Waals surface area contributed by atoms with Crippen LogP contribution in [0.15, 0.2) is 29.3 Å². The van der Waals surface area contributed by atoms with Crippen LogP contribution in [-0.4, -0.2) is 43.6 Å². The van der Waals surface area contributed by atoms with Crippen LogP contribution in [0, 0.1) is 12.8 Å². The van der Waals surface area contributed by atoms with Gasteiger partial charge in [-0.05, 0) is 45.2 Å². The highest BCUT2D eigenvalue weighted by atomic mass is 35.5. The highest BCUT2D eigenvalue weighted by molar-refractivity contribution is 7.15.